The van der Waals surface area contributed by atoms with E-state index < -0.39 is 0 Å². The Hall–Kier alpha value is -2.63. The van der Waals surface area contributed by atoms with Crippen molar-refractivity contribution >= 4 is 39.7 Å². The molecular weight excluding hydrogens is 366 g/mol. The van der Waals surface area contributed by atoms with E-state index in [2.05, 4.69) is 22.4 Å². The number of hydrogen-bond donors (Lipinski definition) is 1. The molecule has 1 amide bonds. The number of carbonyl (C=O) groups is 1. The third-order valence-corrected chi connectivity index (χ3v) is 5.26. The van der Waals surface area contributed by atoms with Gasteiger partial charge in [0.1, 0.15) is 6.54 Å². The van der Waals surface area contributed by atoms with Crippen molar-refractivity contribution in [3.63, 3.8) is 0 Å². The highest BCUT2D eigenvalue weighted by Gasteiger charge is 2.14. The van der Waals surface area contributed by atoms with Gasteiger partial charge in [-0.15, -0.1) is 11.3 Å². The minimum absolute atomic E-state index is 0.0547. The number of aromatic nitrogens is 2. The van der Waals surface area contributed by atoms with Crippen LogP contribution in [0.25, 0.3) is 21.5 Å². The van der Waals surface area contributed by atoms with Crippen molar-refractivity contribution < 1.29 is 4.79 Å². The average Bonchev–Trinajstić information content (AvgIpc) is 3.29. The molecule has 0 radical (unpaired) electrons. The number of carbonyl (C=O) groups excluding carboxylic acids is 1. The first-order valence-corrected chi connectivity index (χ1v) is 9.46. The summed E-state index contributed by atoms with van der Waals surface area (Å²) in [7, 11) is 0. The van der Waals surface area contributed by atoms with E-state index in [4.69, 9.17) is 11.6 Å². The van der Waals surface area contributed by atoms with E-state index in [1.54, 1.807) is 17.5 Å². The lowest BCUT2D eigenvalue weighted by Gasteiger charge is -2.10. The van der Waals surface area contributed by atoms with Gasteiger partial charge < -0.3 is 9.88 Å². The van der Waals surface area contributed by atoms with E-state index in [9.17, 15) is 4.79 Å². The first-order chi connectivity index (χ1) is 12.7. The number of nitrogens with zero attached hydrogens (tertiary/aromatic N) is 2. The topological polar surface area (TPSA) is 46.9 Å². The van der Waals surface area contributed by atoms with E-state index in [1.165, 1.54) is 0 Å². The normalized spacial score (nSPS) is 11.0. The van der Waals surface area contributed by atoms with Gasteiger partial charge in [0.25, 0.3) is 0 Å². The number of amides is 1. The standard InChI is InChI=1S/C20H16ClN3OS/c21-15-6-7-17-14(10-15)11-18(19-5-3-9-26-19)24(17)13-20(25)23-12-16-4-1-2-8-22-16/h1-11H,12-13H2,(H,23,25). The summed E-state index contributed by atoms with van der Waals surface area (Å²) in [5.74, 6) is -0.0547. The number of pyridine rings is 1. The van der Waals surface area contributed by atoms with Crippen LogP contribution in [0.3, 0.4) is 0 Å². The number of halogens is 1. The molecule has 1 aromatic carbocycles. The lowest BCUT2D eigenvalue weighted by atomic mass is 10.2. The zero-order valence-corrected chi connectivity index (χ0v) is 15.4. The molecule has 0 spiro atoms. The van der Waals surface area contributed by atoms with Crippen LogP contribution in [0, 0.1) is 0 Å². The first kappa shape index (κ1) is 16.8. The fraction of sp³-hybridized carbons (Fsp3) is 0.100. The highest BCUT2D eigenvalue weighted by atomic mass is 35.5. The Morgan fingerprint density at radius 2 is 2.08 bits per heavy atom. The molecular formula is C20H16ClN3OS. The van der Waals surface area contributed by atoms with Crippen LogP contribution in [0.2, 0.25) is 5.02 Å². The summed E-state index contributed by atoms with van der Waals surface area (Å²) in [5, 5.41) is 6.69. The lowest BCUT2D eigenvalue weighted by Crippen LogP contribution is -2.27. The predicted molar refractivity (Wildman–Crippen MR) is 106 cm³/mol. The first-order valence-electron chi connectivity index (χ1n) is 8.20. The van der Waals surface area contributed by atoms with E-state index >= 15 is 0 Å². The van der Waals surface area contributed by atoms with E-state index in [0.717, 1.165) is 27.2 Å². The Kier molecular flexibility index (Phi) is 4.73. The minimum Gasteiger partial charge on any atom is -0.349 e. The van der Waals surface area contributed by atoms with Crippen LogP contribution in [0.5, 0.6) is 0 Å². The van der Waals surface area contributed by atoms with Gasteiger partial charge in [0.15, 0.2) is 0 Å². The van der Waals surface area contributed by atoms with Gasteiger partial charge in [-0.25, -0.2) is 0 Å². The molecule has 0 aliphatic carbocycles. The monoisotopic (exact) mass is 381 g/mol. The second-order valence-electron chi connectivity index (χ2n) is 5.89. The smallest absolute Gasteiger partial charge is 0.240 e. The van der Waals surface area contributed by atoms with Gasteiger partial charge >= 0.3 is 0 Å². The molecule has 1 N–H and O–H groups in total. The van der Waals surface area contributed by atoms with Crippen molar-refractivity contribution in [3.05, 3.63) is 76.9 Å². The minimum atomic E-state index is -0.0547. The molecule has 6 heteroatoms. The summed E-state index contributed by atoms with van der Waals surface area (Å²) in [6.07, 6.45) is 1.72. The Morgan fingerprint density at radius 1 is 1.15 bits per heavy atom. The summed E-state index contributed by atoms with van der Waals surface area (Å²) in [6.45, 7) is 0.657. The molecule has 0 saturated carbocycles. The number of fused-ring (bicyclic) bond motifs is 1. The second-order valence-corrected chi connectivity index (χ2v) is 7.28. The molecule has 0 atom stereocenters. The average molecular weight is 382 g/mol. The number of thiophene rings is 1. The highest BCUT2D eigenvalue weighted by molar-refractivity contribution is 7.13. The fourth-order valence-electron chi connectivity index (χ4n) is 2.93. The van der Waals surface area contributed by atoms with Crippen LogP contribution < -0.4 is 5.32 Å². The molecule has 0 bridgehead atoms. The summed E-state index contributed by atoms with van der Waals surface area (Å²) in [6, 6.07) is 17.5. The quantitative estimate of drug-likeness (QED) is 0.543. The van der Waals surface area contributed by atoms with Crippen molar-refractivity contribution in [3.8, 4) is 10.6 Å². The molecule has 3 heterocycles. The molecule has 130 valence electrons. The van der Waals surface area contributed by atoms with E-state index in [1.807, 2.05) is 52.4 Å². The van der Waals surface area contributed by atoms with Gasteiger partial charge in [0.05, 0.1) is 22.8 Å². The van der Waals surface area contributed by atoms with E-state index in [0.29, 0.717) is 11.6 Å². The van der Waals surface area contributed by atoms with Gasteiger partial charge in [0.2, 0.25) is 5.91 Å². The highest BCUT2D eigenvalue weighted by Crippen LogP contribution is 2.32. The number of nitrogens with one attached hydrogen (secondary N) is 1. The largest absolute Gasteiger partial charge is 0.349 e. The van der Waals surface area contributed by atoms with E-state index in [-0.39, 0.29) is 12.5 Å². The predicted octanol–water partition coefficient (Wildman–Crippen LogP) is 4.73. The number of rotatable bonds is 5. The zero-order valence-electron chi connectivity index (χ0n) is 13.9. The van der Waals surface area contributed by atoms with Gasteiger partial charge in [-0.3, -0.25) is 9.78 Å². The molecule has 4 rings (SSSR count). The molecule has 0 aliphatic heterocycles. The van der Waals surface area contributed by atoms with Crippen molar-refractivity contribution in [1.82, 2.24) is 14.9 Å². The molecule has 0 fully saturated rings. The Labute approximate surface area is 160 Å². The molecule has 26 heavy (non-hydrogen) atoms. The van der Waals surface area contributed by atoms with Crippen molar-refractivity contribution in [1.29, 1.82) is 0 Å². The maximum atomic E-state index is 12.5. The summed E-state index contributed by atoms with van der Waals surface area (Å²) in [4.78, 5) is 17.9. The van der Waals surface area contributed by atoms with Crippen LogP contribution >= 0.6 is 22.9 Å². The molecule has 0 saturated heterocycles. The van der Waals surface area contributed by atoms with Crippen LogP contribution in [-0.4, -0.2) is 15.5 Å². The molecule has 4 aromatic rings. The summed E-state index contributed by atoms with van der Waals surface area (Å²) in [5.41, 5.74) is 2.85. The molecule has 3 aromatic heterocycles. The van der Waals surface area contributed by atoms with Gasteiger partial charge in [0, 0.05) is 22.1 Å². The summed E-state index contributed by atoms with van der Waals surface area (Å²) < 4.78 is 2.03. The van der Waals surface area contributed by atoms with Crippen LogP contribution in [0.15, 0.2) is 66.2 Å². The Bertz CT molecular complexity index is 1040. The van der Waals surface area contributed by atoms with Gasteiger partial charge in [-0.05, 0) is 47.8 Å². The lowest BCUT2D eigenvalue weighted by molar-refractivity contribution is -0.121. The van der Waals surface area contributed by atoms with Gasteiger partial charge in [-0.1, -0.05) is 23.7 Å². The molecule has 0 aliphatic rings. The second kappa shape index (κ2) is 7.32. The maximum Gasteiger partial charge on any atom is 0.240 e. The zero-order chi connectivity index (χ0) is 17.9. The SMILES string of the molecule is O=C(Cn1c(-c2cccs2)cc2cc(Cl)ccc21)NCc1ccccn1. The van der Waals surface area contributed by atoms with Crippen molar-refractivity contribution in [2.75, 3.05) is 0 Å². The fourth-order valence-corrected chi connectivity index (χ4v) is 3.86. The van der Waals surface area contributed by atoms with Crippen molar-refractivity contribution in [2.45, 2.75) is 13.1 Å². The number of benzene rings is 1. The van der Waals surface area contributed by atoms with Crippen molar-refractivity contribution in [2.24, 2.45) is 0 Å². The number of hydrogen-bond acceptors (Lipinski definition) is 3. The van der Waals surface area contributed by atoms with Crippen LogP contribution in [0.1, 0.15) is 5.69 Å². The maximum absolute atomic E-state index is 12.5. The van der Waals surface area contributed by atoms with Crippen LogP contribution in [-0.2, 0) is 17.9 Å². The third-order valence-electron chi connectivity index (χ3n) is 4.13. The van der Waals surface area contributed by atoms with Gasteiger partial charge in [-0.2, -0.15) is 0 Å². The molecule has 0 unspecified atom stereocenters. The summed E-state index contributed by atoms with van der Waals surface area (Å²) >= 11 is 7.79. The Morgan fingerprint density at radius 3 is 2.85 bits per heavy atom. The van der Waals surface area contributed by atoms with Crippen LogP contribution in [0.4, 0.5) is 0 Å². The molecule has 4 nitrogen and oxygen atoms in total. The Balaban J connectivity index is 1.62. The third kappa shape index (κ3) is 3.49.